The largest absolute Gasteiger partial charge is 0.441 e. The predicted molar refractivity (Wildman–Crippen MR) is 105 cm³/mol. The quantitative estimate of drug-likeness (QED) is 0.801. The SMILES string of the molecule is CC/C(NC(=O)O[C@H](C)c1ccccc1C)=C(\C)c1ccc(N)c(C)n1. The third-order valence-corrected chi connectivity index (χ3v) is 4.48. The van der Waals surface area contributed by atoms with Crippen molar-refractivity contribution >= 4 is 17.4 Å². The summed E-state index contributed by atoms with van der Waals surface area (Å²) >= 11 is 0. The minimum absolute atomic E-state index is 0.327. The second-order valence-corrected chi connectivity index (χ2v) is 6.36. The Bertz CT molecular complexity index is 828. The molecule has 138 valence electrons. The van der Waals surface area contributed by atoms with Crippen molar-refractivity contribution in [2.24, 2.45) is 0 Å². The van der Waals surface area contributed by atoms with E-state index in [1.807, 2.05) is 71.0 Å². The average molecular weight is 353 g/mol. The Kier molecular flexibility index (Phi) is 6.39. The van der Waals surface area contributed by atoms with Crippen LogP contribution in [0.15, 0.2) is 42.1 Å². The molecule has 1 aromatic heterocycles. The zero-order valence-electron chi connectivity index (χ0n) is 16.1. The van der Waals surface area contributed by atoms with Crippen molar-refractivity contribution in [1.29, 1.82) is 0 Å². The molecule has 2 aromatic rings. The number of carbonyl (C=O) groups excluding carboxylic acids is 1. The molecule has 0 aliphatic rings. The Hall–Kier alpha value is -2.82. The van der Waals surface area contributed by atoms with Crippen LogP contribution in [0.3, 0.4) is 0 Å². The van der Waals surface area contributed by atoms with Gasteiger partial charge >= 0.3 is 6.09 Å². The number of benzene rings is 1. The van der Waals surface area contributed by atoms with E-state index in [-0.39, 0.29) is 6.10 Å². The standard InChI is InChI=1S/C21H27N3O2/c1-6-19(14(3)20-12-11-18(22)15(4)23-20)24-21(25)26-16(5)17-10-8-7-9-13(17)2/h7-12,16H,6,22H2,1-5H3,(H,24,25)/b19-14-/t16-/m1/s1. The smallest absolute Gasteiger partial charge is 0.411 e. The molecule has 0 saturated heterocycles. The first-order chi connectivity index (χ1) is 12.3. The number of ether oxygens (including phenoxy) is 1. The molecule has 0 radical (unpaired) electrons. The van der Waals surface area contributed by atoms with Crippen LogP contribution in [0.5, 0.6) is 0 Å². The van der Waals surface area contributed by atoms with E-state index in [1.165, 1.54) is 0 Å². The van der Waals surface area contributed by atoms with E-state index in [1.54, 1.807) is 0 Å². The number of hydrogen-bond acceptors (Lipinski definition) is 4. The van der Waals surface area contributed by atoms with Gasteiger partial charge in [0.05, 0.1) is 17.1 Å². The maximum Gasteiger partial charge on any atom is 0.411 e. The van der Waals surface area contributed by atoms with Crippen LogP contribution in [-0.2, 0) is 4.74 Å². The van der Waals surface area contributed by atoms with E-state index in [0.717, 1.165) is 33.8 Å². The lowest BCUT2D eigenvalue weighted by Crippen LogP contribution is -2.25. The maximum absolute atomic E-state index is 12.4. The molecule has 0 aliphatic heterocycles. The number of allylic oxidation sites excluding steroid dienone is 2. The van der Waals surface area contributed by atoms with Crippen LogP contribution in [0.4, 0.5) is 10.5 Å². The molecule has 26 heavy (non-hydrogen) atoms. The van der Waals surface area contributed by atoms with Crippen LogP contribution in [0.1, 0.15) is 55.8 Å². The normalized spacial score (nSPS) is 13.0. The second kappa shape index (κ2) is 8.52. The topological polar surface area (TPSA) is 77.2 Å². The molecule has 3 N–H and O–H groups in total. The Balaban J connectivity index is 2.14. The van der Waals surface area contributed by atoms with Crippen molar-refractivity contribution in [2.45, 2.75) is 47.1 Å². The fourth-order valence-electron chi connectivity index (χ4n) is 2.80. The van der Waals surface area contributed by atoms with Crippen molar-refractivity contribution in [2.75, 3.05) is 5.73 Å². The minimum Gasteiger partial charge on any atom is -0.441 e. The van der Waals surface area contributed by atoms with Crippen molar-refractivity contribution < 1.29 is 9.53 Å². The molecule has 1 atom stereocenters. The lowest BCUT2D eigenvalue weighted by Gasteiger charge is -2.18. The molecule has 5 heteroatoms. The molecule has 0 aliphatic carbocycles. The van der Waals surface area contributed by atoms with Gasteiger partial charge in [-0.1, -0.05) is 31.2 Å². The molecule has 2 rings (SSSR count). The van der Waals surface area contributed by atoms with Crippen LogP contribution in [0.25, 0.3) is 5.57 Å². The molecule has 0 spiro atoms. The lowest BCUT2D eigenvalue weighted by molar-refractivity contribution is 0.109. The highest BCUT2D eigenvalue weighted by atomic mass is 16.6. The van der Waals surface area contributed by atoms with Crippen LogP contribution in [0, 0.1) is 13.8 Å². The highest BCUT2D eigenvalue weighted by Crippen LogP contribution is 2.22. The van der Waals surface area contributed by atoms with Gasteiger partial charge in [0.15, 0.2) is 0 Å². The Morgan fingerprint density at radius 2 is 1.92 bits per heavy atom. The molecule has 0 bridgehead atoms. The number of nitrogens with zero attached hydrogens (tertiary/aromatic N) is 1. The van der Waals surface area contributed by atoms with Gasteiger partial charge < -0.3 is 10.5 Å². The summed E-state index contributed by atoms with van der Waals surface area (Å²) in [5.74, 6) is 0. The Morgan fingerprint density at radius 1 is 1.23 bits per heavy atom. The Morgan fingerprint density at radius 3 is 2.54 bits per heavy atom. The monoisotopic (exact) mass is 353 g/mol. The fraction of sp³-hybridized carbons (Fsp3) is 0.333. The van der Waals surface area contributed by atoms with Gasteiger partial charge in [-0.05, 0) is 62.9 Å². The summed E-state index contributed by atoms with van der Waals surface area (Å²) in [6, 6.07) is 11.6. The zero-order chi connectivity index (χ0) is 19.3. The first-order valence-electron chi connectivity index (χ1n) is 8.79. The molecule has 1 amide bonds. The van der Waals surface area contributed by atoms with Gasteiger partial charge in [-0.25, -0.2) is 4.79 Å². The summed E-state index contributed by atoms with van der Waals surface area (Å²) in [5, 5.41) is 2.87. The molecule has 5 nitrogen and oxygen atoms in total. The van der Waals surface area contributed by atoms with E-state index in [2.05, 4.69) is 10.3 Å². The first-order valence-corrected chi connectivity index (χ1v) is 8.79. The number of aryl methyl sites for hydroxylation is 2. The van der Waals surface area contributed by atoms with E-state index < -0.39 is 6.09 Å². The number of rotatable bonds is 5. The fourth-order valence-corrected chi connectivity index (χ4v) is 2.80. The summed E-state index contributed by atoms with van der Waals surface area (Å²) in [4.78, 5) is 16.9. The van der Waals surface area contributed by atoms with Gasteiger partial charge in [-0.2, -0.15) is 0 Å². The summed E-state index contributed by atoms with van der Waals surface area (Å²) in [7, 11) is 0. The number of amides is 1. The second-order valence-electron chi connectivity index (χ2n) is 6.36. The third-order valence-electron chi connectivity index (χ3n) is 4.48. The molecular weight excluding hydrogens is 326 g/mol. The van der Waals surface area contributed by atoms with Crippen LogP contribution in [0.2, 0.25) is 0 Å². The van der Waals surface area contributed by atoms with Crippen LogP contribution in [-0.4, -0.2) is 11.1 Å². The van der Waals surface area contributed by atoms with E-state index in [4.69, 9.17) is 10.5 Å². The number of alkyl carbamates (subject to hydrolysis) is 1. The minimum atomic E-state index is -0.468. The van der Waals surface area contributed by atoms with Crippen molar-refractivity contribution in [3.05, 3.63) is 64.6 Å². The Labute approximate surface area is 155 Å². The number of pyridine rings is 1. The van der Waals surface area contributed by atoms with Gasteiger partial charge in [0.25, 0.3) is 0 Å². The molecule has 0 unspecified atom stereocenters. The summed E-state index contributed by atoms with van der Waals surface area (Å²) in [5.41, 5.74) is 11.8. The van der Waals surface area contributed by atoms with E-state index >= 15 is 0 Å². The summed E-state index contributed by atoms with van der Waals surface area (Å²) in [6.07, 6.45) is -0.138. The average Bonchev–Trinajstić information content (AvgIpc) is 2.61. The number of carbonyl (C=O) groups is 1. The van der Waals surface area contributed by atoms with Crippen molar-refractivity contribution in [3.8, 4) is 0 Å². The molecule has 1 heterocycles. The van der Waals surface area contributed by atoms with Gasteiger partial charge in [-0.3, -0.25) is 10.3 Å². The van der Waals surface area contributed by atoms with Crippen LogP contribution >= 0.6 is 0 Å². The highest BCUT2D eigenvalue weighted by molar-refractivity contribution is 5.75. The zero-order valence-corrected chi connectivity index (χ0v) is 16.1. The van der Waals surface area contributed by atoms with Gasteiger partial charge in [0, 0.05) is 5.70 Å². The maximum atomic E-state index is 12.4. The number of aromatic nitrogens is 1. The number of nitrogen functional groups attached to an aromatic ring is 1. The molecule has 0 saturated carbocycles. The molecule has 1 aromatic carbocycles. The lowest BCUT2D eigenvalue weighted by atomic mass is 10.1. The van der Waals surface area contributed by atoms with E-state index in [9.17, 15) is 4.79 Å². The van der Waals surface area contributed by atoms with Crippen molar-refractivity contribution in [1.82, 2.24) is 10.3 Å². The third kappa shape index (κ3) is 4.63. The van der Waals surface area contributed by atoms with Crippen LogP contribution < -0.4 is 11.1 Å². The molecular formula is C21H27N3O2. The summed E-state index contributed by atoms with van der Waals surface area (Å²) in [6.45, 7) is 9.65. The number of nitrogens with two attached hydrogens (primary N) is 1. The van der Waals surface area contributed by atoms with Gasteiger partial charge in [0.1, 0.15) is 6.10 Å². The molecule has 0 fully saturated rings. The predicted octanol–water partition coefficient (Wildman–Crippen LogP) is 4.91. The van der Waals surface area contributed by atoms with E-state index in [0.29, 0.717) is 12.1 Å². The van der Waals surface area contributed by atoms with Crippen molar-refractivity contribution in [3.63, 3.8) is 0 Å². The van der Waals surface area contributed by atoms with Gasteiger partial charge in [-0.15, -0.1) is 0 Å². The summed E-state index contributed by atoms with van der Waals surface area (Å²) < 4.78 is 5.55. The number of nitrogens with one attached hydrogen (secondary N) is 1. The number of anilines is 1. The number of hydrogen-bond donors (Lipinski definition) is 2. The highest BCUT2D eigenvalue weighted by Gasteiger charge is 2.15. The van der Waals surface area contributed by atoms with Gasteiger partial charge in [0.2, 0.25) is 0 Å². The first kappa shape index (κ1) is 19.5.